The van der Waals surface area contributed by atoms with Crippen molar-refractivity contribution in [3.05, 3.63) is 76.1 Å². The minimum absolute atomic E-state index is 0.0518. The number of rotatable bonds is 12. The van der Waals surface area contributed by atoms with Crippen molar-refractivity contribution in [1.82, 2.24) is 14.8 Å². The first kappa shape index (κ1) is 39.8. The van der Waals surface area contributed by atoms with Crippen molar-refractivity contribution < 1.29 is 28.9 Å². The zero-order valence-corrected chi connectivity index (χ0v) is 34.8. The number of benzene rings is 2. The lowest BCUT2D eigenvalue weighted by atomic mass is 9.59. The Morgan fingerprint density at radius 2 is 1.95 bits per heavy atom. The number of carboxylic acids is 1. The second kappa shape index (κ2) is 16.3. The van der Waals surface area contributed by atoms with E-state index < -0.39 is 11.5 Å². The van der Waals surface area contributed by atoms with Gasteiger partial charge in [0.15, 0.2) is 11.5 Å². The van der Waals surface area contributed by atoms with E-state index in [1.807, 2.05) is 36.3 Å². The first-order chi connectivity index (χ1) is 27.4. The highest BCUT2D eigenvalue weighted by Crippen LogP contribution is 2.58. The first-order valence-corrected chi connectivity index (χ1v) is 21.6. The van der Waals surface area contributed by atoms with Gasteiger partial charge in [-0.3, -0.25) is 9.78 Å². The van der Waals surface area contributed by atoms with Crippen LogP contribution in [0.4, 0.5) is 5.69 Å². The minimum atomic E-state index is -1.10. The van der Waals surface area contributed by atoms with Crippen LogP contribution in [0.25, 0.3) is 0 Å². The van der Waals surface area contributed by atoms with Gasteiger partial charge < -0.3 is 34.4 Å². The Morgan fingerprint density at radius 3 is 2.70 bits per heavy atom. The van der Waals surface area contributed by atoms with Gasteiger partial charge in [-0.25, -0.2) is 4.79 Å². The van der Waals surface area contributed by atoms with Crippen molar-refractivity contribution in [2.24, 2.45) is 17.8 Å². The fourth-order valence-corrected chi connectivity index (χ4v) is 11.1. The number of hydrogen-bond donors (Lipinski definition) is 2. The molecule has 1 saturated carbocycles. The van der Waals surface area contributed by atoms with Crippen molar-refractivity contribution in [3.8, 4) is 17.2 Å². The minimum Gasteiger partial charge on any atom is -0.493 e. The molecule has 1 unspecified atom stereocenters. The summed E-state index contributed by atoms with van der Waals surface area (Å²) < 4.78 is 19.9. The smallest absolute Gasteiger partial charge is 0.329 e. The van der Waals surface area contributed by atoms with E-state index in [1.54, 1.807) is 12.1 Å². The predicted molar refractivity (Wildman–Crippen MR) is 222 cm³/mol. The van der Waals surface area contributed by atoms with Crippen molar-refractivity contribution in [2.75, 3.05) is 52.3 Å². The van der Waals surface area contributed by atoms with E-state index >= 15 is 0 Å². The van der Waals surface area contributed by atoms with E-state index in [0.717, 1.165) is 87.5 Å². The molecule has 2 aliphatic heterocycles. The van der Waals surface area contributed by atoms with E-state index in [1.165, 1.54) is 28.8 Å². The molecule has 1 amide bonds. The third kappa shape index (κ3) is 8.18. The number of hydrogen-bond acceptors (Lipinski definition) is 8. The van der Waals surface area contributed by atoms with Crippen LogP contribution in [0.3, 0.4) is 0 Å². The number of carbonyl (C=O) groups excluding carboxylic acids is 1. The molecule has 1 aromatic heterocycles. The molecule has 8 rings (SSSR count). The predicted octanol–water partition coefficient (Wildman–Crippen LogP) is 8.14. The van der Waals surface area contributed by atoms with Gasteiger partial charge in [0.05, 0.1) is 13.2 Å². The highest BCUT2D eigenvalue weighted by Gasteiger charge is 2.54. The number of carbonyl (C=O) groups is 2. The Labute approximate surface area is 342 Å². The van der Waals surface area contributed by atoms with Crippen LogP contribution in [0.1, 0.15) is 99.9 Å². The number of aliphatic carboxylic acids is 1. The summed E-state index contributed by atoms with van der Waals surface area (Å²) >= 11 is 6.33. The van der Waals surface area contributed by atoms with Crippen LogP contribution in [0.5, 0.6) is 17.2 Å². The lowest BCUT2D eigenvalue weighted by Crippen LogP contribution is -2.53. The normalized spacial score (nSPS) is 28.5. The number of anilines is 1. The summed E-state index contributed by atoms with van der Waals surface area (Å²) in [6, 6.07) is 13.9. The largest absolute Gasteiger partial charge is 0.493 e. The van der Waals surface area contributed by atoms with Crippen molar-refractivity contribution in [2.45, 2.75) is 107 Å². The summed E-state index contributed by atoms with van der Waals surface area (Å²) in [7, 11) is 4.00. The Hall–Kier alpha value is -4.02. The molecule has 2 N–H and O–H groups in total. The van der Waals surface area contributed by atoms with Gasteiger partial charge in [0.25, 0.3) is 0 Å². The van der Waals surface area contributed by atoms with E-state index in [4.69, 9.17) is 25.8 Å². The molecular formula is C46H59ClN4O6. The second-order valence-electron chi connectivity index (χ2n) is 18.1. The molecule has 10 nitrogen and oxygen atoms in total. The number of pyridine rings is 1. The van der Waals surface area contributed by atoms with Gasteiger partial charge in [0.1, 0.15) is 17.4 Å². The van der Waals surface area contributed by atoms with Crippen LogP contribution in [-0.2, 0) is 27.8 Å². The average Bonchev–Trinajstić information content (AvgIpc) is 3.54. The number of aryl methyl sites for hydroxylation is 1. The van der Waals surface area contributed by atoms with Gasteiger partial charge in [0, 0.05) is 67.7 Å². The molecule has 57 heavy (non-hydrogen) atoms. The molecule has 5 atom stereocenters. The average molecular weight is 799 g/mol. The number of likely N-dealkylation sites (N-methyl/N-ethyl adjacent to an activating group) is 1. The maximum absolute atomic E-state index is 13.1. The number of nitrogens with one attached hydrogen (secondary N) is 1. The Bertz CT molecular complexity index is 1960. The molecule has 3 heterocycles. The van der Waals surface area contributed by atoms with Gasteiger partial charge in [-0.15, -0.1) is 0 Å². The first-order valence-electron chi connectivity index (χ1n) is 21.2. The van der Waals surface area contributed by atoms with Gasteiger partial charge in [-0.1, -0.05) is 31.5 Å². The Kier molecular flexibility index (Phi) is 11.4. The number of likely N-dealkylation sites (tertiary alicyclic amines) is 1. The van der Waals surface area contributed by atoms with Crippen LogP contribution >= 0.6 is 11.6 Å². The summed E-state index contributed by atoms with van der Waals surface area (Å²) in [6.07, 6.45) is 10.8. The topological polar surface area (TPSA) is 113 Å². The number of aromatic nitrogens is 1. The SMILES string of the molecule is C[C@@H](COc1ccnc2c1[C@H](C)CCC2)C[C@H]1Cc2cc3c(cc2C12CCC(Nc1cccc(Cl)c1)(C(=O)O)CC2)O[C@H](CN(C)CC1CC(=O)N(C)C1)CCO3. The highest BCUT2D eigenvalue weighted by molar-refractivity contribution is 6.30. The summed E-state index contributed by atoms with van der Waals surface area (Å²) in [5.74, 6) is 3.28. The number of carboxylic acid groups (broad SMARTS) is 1. The van der Waals surface area contributed by atoms with E-state index in [0.29, 0.717) is 55.3 Å². The molecule has 2 fully saturated rings. The summed E-state index contributed by atoms with van der Waals surface area (Å²) in [5, 5.41) is 14.8. The Balaban J connectivity index is 1.04. The molecule has 306 valence electrons. The highest BCUT2D eigenvalue weighted by atomic mass is 35.5. The number of amides is 1. The lowest BCUT2D eigenvalue weighted by Gasteiger charge is -2.47. The third-order valence-corrected chi connectivity index (χ3v) is 14.1. The van der Waals surface area contributed by atoms with Crippen LogP contribution in [0.2, 0.25) is 5.02 Å². The second-order valence-corrected chi connectivity index (χ2v) is 18.5. The van der Waals surface area contributed by atoms with Crippen molar-refractivity contribution >= 4 is 29.2 Å². The molecule has 1 saturated heterocycles. The quantitative estimate of drug-likeness (QED) is 0.188. The maximum Gasteiger partial charge on any atom is 0.329 e. The Morgan fingerprint density at radius 1 is 1.12 bits per heavy atom. The van der Waals surface area contributed by atoms with E-state index in [9.17, 15) is 14.7 Å². The number of fused-ring (bicyclic) bond motifs is 4. The molecule has 5 aliphatic rings. The van der Waals surface area contributed by atoms with Gasteiger partial charge in [0.2, 0.25) is 5.91 Å². The number of halogens is 1. The lowest BCUT2D eigenvalue weighted by molar-refractivity contribution is -0.144. The fraction of sp³-hybridized carbons (Fsp3) is 0.587. The zero-order valence-electron chi connectivity index (χ0n) is 34.0. The summed E-state index contributed by atoms with van der Waals surface area (Å²) in [6.45, 7) is 8.15. The molecule has 3 aliphatic carbocycles. The molecule has 0 radical (unpaired) electrons. The molecule has 2 aromatic carbocycles. The monoisotopic (exact) mass is 798 g/mol. The molecule has 3 aromatic rings. The third-order valence-electron chi connectivity index (χ3n) is 13.9. The van der Waals surface area contributed by atoms with Crippen LogP contribution < -0.4 is 19.5 Å². The molecule has 11 heteroatoms. The number of ether oxygens (including phenoxy) is 3. The maximum atomic E-state index is 13.1. The van der Waals surface area contributed by atoms with Crippen molar-refractivity contribution in [1.29, 1.82) is 0 Å². The summed E-state index contributed by atoms with van der Waals surface area (Å²) in [4.78, 5) is 34.1. The summed E-state index contributed by atoms with van der Waals surface area (Å²) in [5.41, 5.74) is 4.41. The van der Waals surface area contributed by atoms with Gasteiger partial charge in [-0.2, -0.15) is 0 Å². The van der Waals surface area contributed by atoms with Crippen LogP contribution in [0, 0.1) is 17.8 Å². The van der Waals surface area contributed by atoms with Crippen LogP contribution in [0.15, 0.2) is 48.7 Å². The molecule has 0 bridgehead atoms. The van der Waals surface area contributed by atoms with Gasteiger partial charge >= 0.3 is 5.97 Å². The molecule has 1 spiro atoms. The van der Waals surface area contributed by atoms with Crippen molar-refractivity contribution in [3.63, 3.8) is 0 Å². The van der Waals surface area contributed by atoms with Crippen LogP contribution in [-0.4, -0.2) is 90.4 Å². The zero-order chi connectivity index (χ0) is 39.9. The number of nitrogens with zero attached hydrogens (tertiary/aromatic N) is 3. The van der Waals surface area contributed by atoms with E-state index in [2.05, 4.69) is 48.2 Å². The van der Waals surface area contributed by atoms with E-state index in [-0.39, 0.29) is 23.3 Å². The standard InChI is InChI=1S/C46H59ClN4O6/c1-29(28-56-39-11-17-48-38-10-5-7-30(2)43(38)39)19-33-21-32-22-40-41(57-36(12-18-55-40)27-50(3)25-31-20-42(52)51(4)26-31)24-37(32)45(33)13-15-46(16-14-45,44(53)54)49-35-9-6-8-34(47)23-35/h6,8-9,11,17,22-24,29-31,33,36,49H,5,7,10,12-16,18-21,25-28H2,1-4H3,(H,53,54)/t29-,30-,31?,33+,36+,45?,46?/m1/s1. The van der Waals surface area contributed by atoms with Gasteiger partial charge in [-0.05, 0) is 141 Å². The fourth-order valence-electron chi connectivity index (χ4n) is 10.9. The molecular weight excluding hydrogens is 740 g/mol.